The molecule has 0 fully saturated rings. The Morgan fingerprint density at radius 3 is 2.25 bits per heavy atom. The van der Waals surface area contributed by atoms with Crippen molar-refractivity contribution in [3.63, 3.8) is 0 Å². The van der Waals surface area contributed by atoms with Gasteiger partial charge in [-0.1, -0.05) is 41.4 Å². The van der Waals surface area contributed by atoms with Crippen molar-refractivity contribution in [1.82, 2.24) is 4.72 Å². The van der Waals surface area contributed by atoms with E-state index in [9.17, 15) is 8.42 Å². The molecule has 1 unspecified atom stereocenters. The standard InChI is InChI=1S/C14H13Cl2NO2S/c1-10(11-5-7-12(15)8-6-11)17-20(18,19)14-4-2-3-13(16)9-14/h2-10,17H,1H3. The van der Waals surface area contributed by atoms with E-state index in [-0.39, 0.29) is 10.9 Å². The molecular formula is C14H13Cl2NO2S. The van der Waals surface area contributed by atoms with Crippen LogP contribution >= 0.6 is 23.2 Å². The van der Waals surface area contributed by atoms with Crippen molar-refractivity contribution in [3.8, 4) is 0 Å². The van der Waals surface area contributed by atoms with Gasteiger partial charge >= 0.3 is 0 Å². The first-order valence-electron chi connectivity index (χ1n) is 5.92. The Hall–Kier alpha value is -1.07. The fourth-order valence-corrected chi connectivity index (χ4v) is 3.41. The lowest BCUT2D eigenvalue weighted by Gasteiger charge is -2.15. The maximum Gasteiger partial charge on any atom is 0.241 e. The lowest BCUT2D eigenvalue weighted by molar-refractivity contribution is 0.567. The molecule has 0 saturated heterocycles. The summed E-state index contributed by atoms with van der Waals surface area (Å²) in [6.07, 6.45) is 0. The minimum Gasteiger partial charge on any atom is -0.207 e. The van der Waals surface area contributed by atoms with Crippen LogP contribution in [0.4, 0.5) is 0 Å². The first-order valence-corrected chi connectivity index (χ1v) is 8.16. The van der Waals surface area contributed by atoms with Gasteiger partial charge in [0.1, 0.15) is 0 Å². The molecule has 2 rings (SSSR count). The zero-order valence-electron chi connectivity index (χ0n) is 10.7. The van der Waals surface area contributed by atoms with E-state index in [1.165, 1.54) is 12.1 Å². The third kappa shape index (κ3) is 3.73. The summed E-state index contributed by atoms with van der Waals surface area (Å²) in [6, 6.07) is 12.8. The van der Waals surface area contributed by atoms with E-state index in [0.29, 0.717) is 10.0 Å². The summed E-state index contributed by atoms with van der Waals surface area (Å²) < 4.78 is 27.1. The van der Waals surface area contributed by atoms with Crippen LogP contribution in [0.1, 0.15) is 18.5 Å². The maximum atomic E-state index is 12.2. The first kappa shape index (κ1) is 15.3. The SMILES string of the molecule is CC(NS(=O)(=O)c1cccc(Cl)c1)c1ccc(Cl)cc1. The Labute approximate surface area is 128 Å². The van der Waals surface area contributed by atoms with Crippen molar-refractivity contribution in [2.75, 3.05) is 0 Å². The molecule has 0 heterocycles. The molecule has 0 aliphatic rings. The summed E-state index contributed by atoms with van der Waals surface area (Å²) in [4.78, 5) is 0.144. The van der Waals surface area contributed by atoms with Crippen LogP contribution in [0.3, 0.4) is 0 Å². The fourth-order valence-electron chi connectivity index (χ4n) is 1.75. The molecule has 2 aromatic carbocycles. The van der Waals surface area contributed by atoms with Gasteiger partial charge in [-0.25, -0.2) is 13.1 Å². The van der Waals surface area contributed by atoms with E-state index in [4.69, 9.17) is 23.2 Å². The number of halogens is 2. The van der Waals surface area contributed by atoms with E-state index in [2.05, 4.69) is 4.72 Å². The van der Waals surface area contributed by atoms with Crippen LogP contribution < -0.4 is 4.72 Å². The van der Waals surface area contributed by atoms with Gasteiger partial charge in [-0.15, -0.1) is 0 Å². The van der Waals surface area contributed by atoms with Gasteiger partial charge in [0.2, 0.25) is 10.0 Å². The van der Waals surface area contributed by atoms with E-state index in [1.807, 2.05) is 0 Å². The van der Waals surface area contributed by atoms with Crippen molar-refractivity contribution in [3.05, 3.63) is 64.1 Å². The van der Waals surface area contributed by atoms with Gasteiger partial charge < -0.3 is 0 Å². The van der Waals surface area contributed by atoms with Gasteiger partial charge in [-0.05, 0) is 42.8 Å². The molecule has 6 heteroatoms. The predicted molar refractivity (Wildman–Crippen MR) is 81.6 cm³/mol. The molecule has 3 nitrogen and oxygen atoms in total. The molecule has 1 N–H and O–H groups in total. The quantitative estimate of drug-likeness (QED) is 0.920. The highest BCUT2D eigenvalue weighted by atomic mass is 35.5. The average Bonchev–Trinajstić information content (AvgIpc) is 2.39. The zero-order valence-corrected chi connectivity index (χ0v) is 13.0. The molecule has 2 aromatic rings. The highest BCUT2D eigenvalue weighted by Crippen LogP contribution is 2.20. The second-order valence-electron chi connectivity index (χ2n) is 4.35. The molecule has 1 atom stereocenters. The van der Waals surface area contributed by atoms with E-state index in [0.717, 1.165) is 5.56 Å². The van der Waals surface area contributed by atoms with Gasteiger partial charge in [0.15, 0.2) is 0 Å². The topological polar surface area (TPSA) is 46.2 Å². The largest absolute Gasteiger partial charge is 0.241 e. The Balaban J connectivity index is 2.22. The van der Waals surface area contributed by atoms with Crippen LogP contribution in [0, 0.1) is 0 Å². The Morgan fingerprint density at radius 2 is 1.65 bits per heavy atom. The van der Waals surface area contributed by atoms with Crippen molar-refractivity contribution in [2.45, 2.75) is 17.9 Å². The fraction of sp³-hybridized carbons (Fsp3) is 0.143. The van der Waals surface area contributed by atoms with Crippen LogP contribution in [-0.4, -0.2) is 8.42 Å². The monoisotopic (exact) mass is 329 g/mol. The van der Waals surface area contributed by atoms with Crippen molar-refractivity contribution in [1.29, 1.82) is 0 Å². The second-order valence-corrected chi connectivity index (χ2v) is 6.94. The lowest BCUT2D eigenvalue weighted by Crippen LogP contribution is -2.26. The van der Waals surface area contributed by atoms with Gasteiger partial charge in [0.05, 0.1) is 4.90 Å². The Bertz CT molecular complexity index is 699. The predicted octanol–water partition coefficient (Wildman–Crippen LogP) is 4.03. The number of nitrogens with one attached hydrogen (secondary N) is 1. The number of hydrogen-bond acceptors (Lipinski definition) is 2. The number of rotatable bonds is 4. The van der Waals surface area contributed by atoms with Gasteiger partial charge in [0, 0.05) is 16.1 Å². The normalized spacial score (nSPS) is 13.2. The lowest BCUT2D eigenvalue weighted by atomic mass is 10.1. The van der Waals surface area contributed by atoms with Crippen LogP contribution in [-0.2, 0) is 10.0 Å². The summed E-state index contributed by atoms with van der Waals surface area (Å²) in [5.41, 5.74) is 0.833. The van der Waals surface area contributed by atoms with Crippen molar-refractivity contribution < 1.29 is 8.42 Å². The number of benzene rings is 2. The summed E-state index contributed by atoms with van der Waals surface area (Å²) in [5.74, 6) is 0. The first-order chi connectivity index (χ1) is 9.38. The molecule has 0 aromatic heterocycles. The summed E-state index contributed by atoms with van der Waals surface area (Å²) >= 11 is 11.6. The zero-order chi connectivity index (χ0) is 14.8. The van der Waals surface area contributed by atoms with E-state index >= 15 is 0 Å². The molecule has 0 aliphatic carbocycles. The van der Waals surface area contributed by atoms with Gasteiger partial charge in [0.25, 0.3) is 0 Å². The second kappa shape index (κ2) is 6.14. The average molecular weight is 330 g/mol. The van der Waals surface area contributed by atoms with Crippen LogP contribution in [0.15, 0.2) is 53.4 Å². The van der Waals surface area contributed by atoms with Crippen molar-refractivity contribution in [2.24, 2.45) is 0 Å². The third-order valence-electron chi connectivity index (χ3n) is 2.81. The van der Waals surface area contributed by atoms with E-state index < -0.39 is 10.0 Å². The smallest absolute Gasteiger partial charge is 0.207 e. The molecule has 0 radical (unpaired) electrons. The molecule has 0 aliphatic heterocycles. The van der Waals surface area contributed by atoms with Crippen LogP contribution in [0.25, 0.3) is 0 Å². The number of hydrogen-bond donors (Lipinski definition) is 1. The molecular weight excluding hydrogens is 317 g/mol. The maximum absolute atomic E-state index is 12.2. The minimum atomic E-state index is -3.61. The van der Waals surface area contributed by atoms with Crippen LogP contribution in [0.5, 0.6) is 0 Å². The van der Waals surface area contributed by atoms with Crippen LogP contribution in [0.2, 0.25) is 10.0 Å². The van der Waals surface area contributed by atoms with E-state index in [1.54, 1.807) is 43.3 Å². The Morgan fingerprint density at radius 1 is 1.00 bits per heavy atom. The summed E-state index contributed by atoms with van der Waals surface area (Å²) in [7, 11) is -3.61. The third-order valence-corrected chi connectivity index (χ3v) is 4.83. The molecule has 0 bridgehead atoms. The molecule has 106 valence electrons. The molecule has 0 spiro atoms. The molecule has 0 amide bonds. The Kier molecular flexibility index (Phi) is 4.70. The number of sulfonamides is 1. The highest BCUT2D eigenvalue weighted by Gasteiger charge is 2.18. The van der Waals surface area contributed by atoms with Crippen molar-refractivity contribution >= 4 is 33.2 Å². The highest BCUT2D eigenvalue weighted by molar-refractivity contribution is 7.89. The van der Waals surface area contributed by atoms with Gasteiger partial charge in [-0.3, -0.25) is 0 Å². The summed E-state index contributed by atoms with van der Waals surface area (Å²) in [6.45, 7) is 1.77. The molecule has 0 saturated carbocycles. The van der Waals surface area contributed by atoms with Gasteiger partial charge in [-0.2, -0.15) is 0 Å². The summed E-state index contributed by atoms with van der Waals surface area (Å²) in [5, 5.41) is 0.991. The minimum absolute atomic E-state index is 0.144. The molecule has 20 heavy (non-hydrogen) atoms.